The van der Waals surface area contributed by atoms with E-state index >= 15 is 0 Å². The SMILES string of the molecule is CCOc1ccc(CNCc2c(C)nn(CCO)c2C)cc1F. The van der Waals surface area contributed by atoms with Gasteiger partial charge in [0, 0.05) is 24.3 Å². The summed E-state index contributed by atoms with van der Waals surface area (Å²) in [6.07, 6.45) is 0. The van der Waals surface area contributed by atoms with Crippen molar-refractivity contribution in [2.75, 3.05) is 13.2 Å². The van der Waals surface area contributed by atoms with Crippen LogP contribution in [0.4, 0.5) is 4.39 Å². The van der Waals surface area contributed by atoms with Crippen LogP contribution in [0.1, 0.15) is 29.4 Å². The summed E-state index contributed by atoms with van der Waals surface area (Å²) in [5, 5.41) is 16.8. The number of benzene rings is 1. The summed E-state index contributed by atoms with van der Waals surface area (Å²) in [6, 6.07) is 5.01. The quantitative estimate of drug-likeness (QED) is 0.783. The van der Waals surface area contributed by atoms with Crippen LogP contribution in [-0.2, 0) is 19.6 Å². The molecule has 23 heavy (non-hydrogen) atoms. The van der Waals surface area contributed by atoms with Crippen LogP contribution in [0.15, 0.2) is 18.2 Å². The lowest BCUT2D eigenvalue weighted by Crippen LogP contribution is -2.14. The smallest absolute Gasteiger partial charge is 0.165 e. The van der Waals surface area contributed by atoms with Crippen molar-refractivity contribution in [3.8, 4) is 5.75 Å². The minimum atomic E-state index is -0.339. The Labute approximate surface area is 136 Å². The molecular weight excluding hydrogens is 297 g/mol. The Morgan fingerprint density at radius 1 is 1.30 bits per heavy atom. The predicted molar refractivity (Wildman–Crippen MR) is 86.9 cm³/mol. The van der Waals surface area contributed by atoms with E-state index in [2.05, 4.69) is 10.4 Å². The van der Waals surface area contributed by atoms with Crippen molar-refractivity contribution in [3.63, 3.8) is 0 Å². The van der Waals surface area contributed by atoms with E-state index in [4.69, 9.17) is 9.84 Å². The number of halogens is 1. The molecule has 0 bridgehead atoms. The normalized spacial score (nSPS) is 11.0. The first-order valence-corrected chi connectivity index (χ1v) is 7.82. The molecule has 0 atom stereocenters. The number of hydrogen-bond acceptors (Lipinski definition) is 4. The van der Waals surface area contributed by atoms with Crippen molar-refractivity contribution in [2.45, 2.75) is 40.4 Å². The largest absolute Gasteiger partial charge is 0.491 e. The third kappa shape index (κ3) is 4.30. The van der Waals surface area contributed by atoms with E-state index in [1.807, 2.05) is 31.5 Å². The highest BCUT2D eigenvalue weighted by atomic mass is 19.1. The van der Waals surface area contributed by atoms with Gasteiger partial charge in [0.15, 0.2) is 11.6 Å². The molecule has 0 spiro atoms. The predicted octanol–water partition coefficient (Wildman–Crippen LogP) is 2.32. The molecule has 0 amide bonds. The van der Waals surface area contributed by atoms with Gasteiger partial charge >= 0.3 is 0 Å². The van der Waals surface area contributed by atoms with Crippen LogP contribution in [0.3, 0.4) is 0 Å². The van der Waals surface area contributed by atoms with Gasteiger partial charge in [-0.05, 0) is 38.5 Å². The first-order chi connectivity index (χ1) is 11.1. The Balaban J connectivity index is 1.96. The van der Waals surface area contributed by atoms with Gasteiger partial charge in [-0.25, -0.2) is 4.39 Å². The number of aryl methyl sites for hydroxylation is 1. The Morgan fingerprint density at radius 2 is 2.09 bits per heavy atom. The fraction of sp³-hybridized carbons (Fsp3) is 0.471. The molecule has 0 saturated heterocycles. The van der Waals surface area contributed by atoms with Crippen molar-refractivity contribution >= 4 is 0 Å². The highest BCUT2D eigenvalue weighted by Crippen LogP contribution is 2.18. The lowest BCUT2D eigenvalue weighted by atomic mass is 10.1. The van der Waals surface area contributed by atoms with Crippen LogP contribution >= 0.6 is 0 Å². The summed E-state index contributed by atoms with van der Waals surface area (Å²) in [4.78, 5) is 0. The molecule has 0 aliphatic carbocycles. The maximum Gasteiger partial charge on any atom is 0.165 e. The number of hydrogen-bond donors (Lipinski definition) is 2. The van der Waals surface area contributed by atoms with E-state index in [1.165, 1.54) is 6.07 Å². The molecule has 0 saturated carbocycles. The van der Waals surface area contributed by atoms with Crippen LogP contribution in [0.5, 0.6) is 5.75 Å². The monoisotopic (exact) mass is 321 g/mol. The minimum absolute atomic E-state index is 0.0697. The Kier molecular flexibility index (Phi) is 6.12. The number of nitrogens with zero attached hydrogens (tertiary/aromatic N) is 2. The average molecular weight is 321 g/mol. The molecule has 2 rings (SSSR count). The number of nitrogens with one attached hydrogen (secondary N) is 1. The lowest BCUT2D eigenvalue weighted by Gasteiger charge is -2.09. The molecule has 0 fully saturated rings. The number of rotatable bonds is 8. The first-order valence-electron chi connectivity index (χ1n) is 7.82. The van der Waals surface area contributed by atoms with Crippen molar-refractivity contribution in [3.05, 3.63) is 46.5 Å². The van der Waals surface area contributed by atoms with Gasteiger partial charge in [-0.3, -0.25) is 4.68 Å². The second-order valence-corrected chi connectivity index (χ2v) is 5.40. The molecule has 2 N–H and O–H groups in total. The van der Waals surface area contributed by atoms with Gasteiger partial charge in [0.2, 0.25) is 0 Å². The Hall–Kier alpha value is -1.92. The minimum Gasteiger partial charge on any atom is -0.491 e. The van der Waals surface area contributed by atoms with E-state index in [9.17, 15) is 4.39 Å². The number of aliphatic hydroxyl groups excluding tert-OH is 1. The van der Waals surface area contributed by atoms with Gasteiger partial charge < -0.3 is 15.2 Å². The van der Waals surface area contributed by atoms with Crippen LogP contribution < -0.4 is 10.1 Å². The third-order valence-electron chi connectivity index (χ3n) is 3.77. The zero-order valence-electron chi connectivity index (χ0n) is 13.9. The summed E-state index contributed by atoms with van der Waals surface area (Å²) in [5.74, 6) is -0.0532. The van der Waals surface area contributed by atoms with Gasteiger partial charge in [-0.1, -0.05) is 6.07 Å². The lowest BCUT2D eigenvalue weighted by molar-refractivity contribution is 0.267. The molecule has 1 heterocycles. The molecule has 126 valence electrons. The highest BCUT2D eigenvalue weighted by molar-refractivity contribution is 5.29. The third-order valence-corrected chi connectivity index (χ3v) is 3.77. The van der Waals surface area contributed by atoms with Crippen molar-refractivity contribution in [1.29, 1.82) is 0 Å². The van der Waals surface area contributed by atoms with Crippen LogP contribution in [0.25, 0.3) is 0 Å². The van der Waals surface area contributed by atoms with Gasteiger partial charge in [0.05, 0.1) is 25.5 Å². The number of aliphatic hydroxyl groups is 1. The Bertz CT molecular complexity index is 656. The first kappa shape index (κ1) is 17.4. The fourth-order valence-corrected chi connectivity index (χ4v) is 2.56. The van der Waals surface area contributed by atoms with Crippen LogP contribution in [0, 0.1) is 19.7 Å². The standard InChI is InChI=1S/C17H24FN3O2/c1-4-23-17-6-5-14(9-16(17)18)10-19-11-15-12(2)20-21(7-8-22)13(15)3/h5-6,9,19,22H,4,7-8,10-11H2,1-3H3. The topological polar surface area (TPSA) is 59.3 Å². The molecule has 0 unspecified atom stereocenters. The molecule has 5 nitrogen and oxygen atoms in total. The summed E-state index contributed by atoms with van der Waals surface area (Å²) in [6.45, 7) is 8.00. The van der Waals surface area contributed by atoms with Gasteiger partial charge in [0.1, 0.15) is 0 Å². The maximum atomic E-state index is 13.8. The van der Waals surface area contributed by atoms with E-state index in [-0.39, 0.29) is 18.2 Å². The molecule has 0 aliphatic rings. The zero-order valence-corrected chi connectivity index (χ0v) is 13.9. The van der Waals surface area contributed by atoms with Crippen LogP contribution in [-0.4, -0.2) is 28.1 Å². The van der Waals surface area contributed by atoms with Gasteiger partial charge in [-0.2, -0.15) is 5.10 Å². The highest BCUT2D eigenvalue weighted by Gasteiger charge is 2.11. The average Bonchev–Trinajstić information content (AvgIpc) is 2.78. The molecule has 1 aromatic heterocycles. The molecule has 6 heteroatoms. The summed E-state index contributed by atoms with van der Waals surface area (Å²) in [5.41, 5.74) is 3.97. The molecule has 0 radical (unpaired) electrons. The van der Waals surface area contributed by atoms with E-state index in [0.29, 0.717) is 26.2 Å². The maximum absolute atomic E-state index is 13.8. The summed E-state index contributed by atoms with van der Waals surface area (Å²) >= 11 is 0. The second kappa shape index (κ2) is 8.08. The van der Waals surface area contributed by atoms with E-state index in [1.54, 1.807) is 6.07 Å². The van der Waals surface area contributed by atoms with Gasteiger partial charge in [0.25, 0.3) is 0 Å². The fourth-order valence-electron chi connectivity index (χ4n) is 2.56. The van der Waals surface area contributed by atoms with Gasteiger partial charge in [-0.15, -0.1) is 0 Å². The Morgan fingerprint density at radius 3 is 2.74 bits per heavy atom. The molecule has 2 aromatic rings. The molecule has 1 aromatic carbocycles. The molecule has 0 aliphatic heterocycles. The summed E-state index contributed by atoms with van der Waals surface area (Å²) in [7, 11) is 0. The van der Waals surface area contributed by atoms with E-state index < -0.39 is 0 Å². The van der Waals surface area contributed by atoms with Crippen molar-refractivity contribution < 1.29 is 14.2 Å². The van der Waals surface area contributed by atoms with Crippen LogP contribution in [0.2, 0.25) is 0 Å². The van der Waals surface area contributed by atoms with Crippen molar-refractivity contribution in [1.82, 2.24) is 15.1 Å². The summed E-state index contributed by atoms with van der Waals surface area (Å²) < 4.78 is 20.8. The number of aromatic nitrogens is 2. The van der Waals surface area contributed by atoms with E-state index in [0.717, 1.165) is 22.5 Å². The van der Waals surface area contributed by atoms with Crippen molar-refractivity contribution in [2.24, 2.45) is 0 Å². The number of ether oxygens (including phenoxy) is 1. The second-order valence-electron chi connectivity index (χ2n) is 5.40. The molecular formula is C17H24FN3O2. The zero-order chi connectivity index (χ0) is 16.8.